The SMILES string of the molecule is CC.CCCCNC(=O)CC[C@H](NC(=O)COCCOCCNC(=O)COCCOCCNC(=O)CCCNC(=O)CC[C@H](NC(=O)CCCCCCCCCCCCCCCCC(=O)O)C(=O)O)C(=O)O. The van der Waals surface area contributed by atoms with Crippen LogP contribution in [0, 0.1) is 0 Å². The van der Waals surface area contributed by atoms with Crippen LogP contribution in [0.25, 0.3) is 0 Å². The molecule has 22 nitrogen and oxygen atoms in total. The molecular formula is C50H92N6O16. The monoisotopic (exact) mass is 1030 g/mol. The van der Waals surface area contributed by atoms with E-state index in [1.807, 2.05) is 20.8 Å². The van der Waals surface area contributed by atoms with Gasteiger partial charge in [0.25, 0.3) is 0 Å². The molecule has 0 aliphatic carbocycles. The van der Waals surface area contributed by atoms with Crippen LogP contribution in [0.15, 0.2) is 0 Å². The first kappa shape index (κ1) is 69.1. The van der Waals surface area contributed by atoms with Crippen molar-refractivity contribution in [1.29, 1.82) is 0 Å². The lowest BCUT2D eigenvalue weighted by molar-refractivity contribution is -0.143. The van der Waals surface area contributed by atoms with Crippen molar-refractivity contribution in [2.45, 2.75) is 187 Å². The number of hydrogen-bond donors (Lipinski definition) is 9. The number of rotatable bonds is 50. The normalized spacial score (nSPS) is 11.5. The Labute approximate surface area is 427 Å². The maximum atomic E-state index is 12.4. The fourth-order valence-electron chi connectivity index (χ4n) is 6.74. The minimum Gasteiger partial charge on any atom is -0.481 e. The first-order valence-electron chi connectivity index (χ1n) is 26.4. The van der Waals surface area contributed by atoms with Crippen molar-refractivity contribution in [3.63, 3.8) is 0 Å². The zero-order chi connectivity index (χ0) is 53.9. The van der Waals surface area contributed by atoms with Gasteiger partial charge in [-0.1, -0.05) is 104 Å². The Balaban J connectivity index is 0. The second kappa shape index (κ2) is 51.0. The zero-order valence-corrected chi connectivity index (χ0v) is 43.8. The maximum absolute atomic E-state index is 12.4. The summed E-state index contributed by atoms with van der Waals surface area (Å²) in [5.41, 5.74) is 0. The summed E-state index contributed by atoms with van der Waals surface area (Å²) >= 11 is 0. The Morgan fingerprint density at radius 2 is 0.708 bits per heavy atom. The van der Waals surface area contributed by atoms with Gasteiger partial charge in [-0.15, -0.1) is 0 Å². The molecule has 2 atom stereocenters. The van der Waals surface area contributed by atoms with Gasteiger partial charge < -0.3 is 66.2 Å². The largest absolute Gasteiger partial charge is 0.481 e. The van der Waals surface area contributed by atoms with Gasteiger partial charge in [-0.05, 0) is 38.5 Å². The summed E-state index contributed by atoms with van der Waals surface area (Å²) in [6, 6.07) is -2.38. The van der Waals surface area contributed by atoms with Crippen molar-refractivity contribution >= 4 is 53.4 Å². The van der Waals surface area contributed by atoms with Crippen LogP contribution in [0.5, 0.6) is 0 Å². The predicted octanol–water partition coefficient (Wildman–Crippen LogP) is 4.15. The van der Waals surface area contributed by atoms with Crippen molar-refractivity contribution in [3.05, 3.63) is 0 Å². The quantitative estimate of drug-likeness (QED) is 0.0387. The molecule has 0 aliphatic heterocycles. The molecule has 0 aromatic rings. The number of carboxylic acid groups (broad SMARTS) is 3. The van der Waals surface area contributed by atoms with Gasteiger partial charge in [-0.2, -0.15) is 0 Å². The summed E-state index contributed by atoms with van der Waals surface area (Å²) in [6.45, 7) is 7.54. The van der Waals surface area contributed by atoms with E-state index >= 15 is 0 Å². The molecule has 0 aromatic heterocycles. The van der Waals surface area contributed by atoms with E-state index in [1.54, 1.807) is 0 Å². The molecule has 0 heterocycles. The number of ether oxygens (including phenoxy) is 4. The second-order valence-electron chi connectivity index (χ2n) is 17.0. The smallest absolute Gasteiger partial charge is 0.326 e. The van der Waals surface area contributed by atoms with Crippen molar-refractivity contribution in [2.24, 2.45) is 0 Å². The van der Waals surface area contributed by atoms with Crippen LogP contribution in [0.2, 0.25) is 0 Å². The molecule has 6 amide bonds. The number of hydrogen-bond acceptors (Lipinski definition) is 13. The number of unbranched alkanes of at least 4 members (excludes halogenated alkanes) is 14. The Bertz CT molecular complexity index is 1470. The van der Waals surface area contributed by atoms with Gasteiger partial charge in [0.1, 0.15) is 25.3 Å². The van der Waals surface area contributed by atoms with E-state index in [2.05, 4.69) is 31.9 Å². The lowest BCUT2D eigenvalue weighted by Crippen LogP contribution is -2.43. The topological polar surface area (TPSA) is 323 Å². The van der Waals surface area contributed by atoms with Gasteiger partial charge in [0.2, 0.25) is 35.4 Å². The van der Waals surface area contributed by atoms with Crippen LogP contribution in [-0.2, 0) is 62.1 Å². The fraction of sp³-hybridized carbons (Fsp3) is 0.820. The van der Waals surface area contributed by atoms with Gasteiger partial charge >= 0.3 is 17.9 Å². The molecule has 0 bridgehead atoms. The van der Waals surface area contributed by atoms with Crippen molar-refractivity contribution in [3.8, 4) is 0 Å². The minimum absolute atomic E-state index is 0.0323. The van der Waals surface area contributed by atoms with Gasteiger partial charge in [0, 0.05) is 58.3 Å². The van der Waals surface area contributed by atoms with E-state index in [0.717, 1.165) is 57.8 Å². The fourth-order valence-corrected chi connectivity index (χ4v) is 6.74. The van der Waals surface area contributed by atoms with E-state index in [0.29, 0.717) is 19.4 Å². The Morgan fingerprint density at radius 1 is 0.361 bits per heavy atom. The number of carboxylic acids is 3. The van der Waals surface area contributed by atoms with Crippen LogP contribution in [0.3, 0.4) is 0 Å². The third-order valence-corrected chi connectivity index (χ3v) is 10.7. The molecule has 0 rings (SSSR count). The maximum Gasteiger partial charge on any atom is 0.326 e. The van der Waals surface area contributed by atoms with Crippen molar-refractivity contribution < 1.29 is 77.4 Å². The third kappa shape index (κ3) is 48.7. The molecule has 0 fully saturated rings. The number of amides is 6. The van der Waals surface area contributed by atoms with E-state index in [-0.39, 0.29) is 147 Å². The Hall–Kier alpha value is -4.93. The van der Waals surface area contributed by atoms with Crippen LogP contribution in [0.4, 0.5) is 0 Å². The standard InChI is InChI=1S/C48H86N6O16.C2H6/c1-2-3-26-49-41(56)25-23-39(48(65)66)54-45(60)37-70-35-33-68-31-29-52-44(59)36-69-34-32-67-30-28-51-40(55)20-18-27-50-42(57)24-22-38(47(63)64)53-43(58)19-16-14-12-10-8-6-4-5-7-9-11-13-15-17-21-46(61)62;1-2/h38-39H,2-37H2,1H3,(H,49,56)(H,50,57)(H,51,55)(H,52,59)(H,53,58)(H,54,60)(H,61,62)(H,63,64)(H,65,66);1-2H3/t38-,39-;/m0./s1. The van der Waals surface area contributed by atoms with E-state index in [9.17, 15) is 53.4 Å². The highest BCUT2D eigenvalue weighted by molar-refractivity contribution is 5.85. The zero-order valence-electron chi connectivity index (χ0n) is 43.8. The van der Waals surface area contributed by atoms with Crippen LogP contribution >= 0.6 is 0 Å². The lowest BCUT2D eigenvalue weighted by Gasteiger charge is -2.14. The number of nitrogens with one attached hydrogen (secondary N) is 6. The third-order valence-electron chi connectivity index (χ3n) is 10.7. The Kier molecular flexibility index (Phi) is 49.0. The van der Waals surface area contributed by atoms with E-state index < -0.39 is 35.9 Å². The van der Waals surface area contributed by atoms with Crippen molar-refractivity contribution in [1.82, 2.24) is 31.9 Å². The lowest BCUT2D eigenvalue weighted by atomic mass is 10.0. The molecule has 418 valence electrons. The molecule has 0 radical (unpaired) electrons. The highest BCUT2D eigenvalue weighted by Gasteiger charge is 2.22. The summed E-state index contributed by atoms with van der Waals surface area (Å²) in [5, 5.41) is 43.1. The Morgan fingerprint density at radius 3 is 1.15 bits per heavy atom. The summed E-state index contributed by atoms with van der Waals surface area (Å²) in [7, 11) is 0. The number of carbonyl (C=O) groups is 9. The van der Waals surface area contributed by atoms with Gasteiger partial charge in [0.15, 0.2) is 0 Å². The molecule has 72 heavy (non-hydrogen) atoms. The molecule has 0 saturated heterocycles. The summed E-state index contributed by atoms with van der Waals surface area (Å²) in [5.74, 6) is -5.40. The number of carbonyl (C=O) groups excluding carboxylic acids is 6. The highest BCUT2D eigenvalue weighted by Crippen LogP contribution is 2.14. The minimum atomic E-state index is -1.25. The molecule has 0 aliphatic rings. The van der Waals surface area contributed by atoms with Gasteiger partial charge in [-0.3, -0.25) is 33.6 Å². The average Bonchev–Trinajstić information content (AvgIpc) is 3.34. The summed E-state index contributed by atoms with van der Waals surface area (Å²) in [6.07, 6.45) is 17.4. The van der Waals surface area contributed by atoms with Crippen LogP contribution in [-0.4, -0.2) is 160 Å². The van der Waals surface area contributed by atoms with Gasteiger partial charge in [0.05, 0.1) is 39.6 Å². The average molecular weight is 1030 g/mol. The molecule has 0 saturated carbocycles. The first-order chi connectivity index (χ1) is 34.7. The van der Waals surface area contributed by atoms with E-state index in [1.165, 1.54) is 38.5 Å². The molecular weight excluding hydrogens is 941 g/mol. The van der Waals surface area contributed by atoms with Gasteiger partial charge in [-0.25, -0.2) is 9.59 Å². The summed E-state index contributed by atoms with van der Waals surface area (Å²) < 4.78 is 21.2. The second-order valence-corrected chi connectivity index (χ2v) is 17.0. The van der Waals surface area contributed by atoms with Crippen molar-refractivity contribution in [2.75, 3.05) is 79.0 Å². The van der Waals surface area contributed by atoms with E-state index in [4.69, 9.17) is 24.1 Å². The van der Waals surface area contributed by atoms with Crippen LogP contribution < -0.4 is 31.9 Å². The first-order valence-corrected chi connectivity index (χ1v) is 26.4. The molecule has 0 unspecified atom stereocenters. The summed E-state index contributed by atoms with van der Waals surface area (Å²) in [4.78, 5) is 106. The predicted molar refractivity (Wildman–Crippen MR) is 270 cm³/mol. The molecule has 0 spiro atoms. The molecule has 22 heteroatoms. The molecule has 9 N–H and O–H groups in total. The van der Waals surface area contributed by atoms with Crippen LogP contribution in [0.1, 0.15) is 175 Å². The number of aliphatic carboxylic acids is 3. The highest BCUT2D eigenvalue weighted by atomic mass is 16.5. The molecule has 0 aromatic carbocycles.